The molecule has 6 atom stereocenters. The van der Waals surface area contributed by atoms with Gasteiger partial charge in [-0.1, -0.05) is 203 Å². The molecule has 0 aromatic rings. The van der Waals surface area contributed by atoms with Gasteiger partial charge in [0.1, 0.15) is 18.8 Å². The molecule has 0 bridgehead atoms. The molecule has 412 valence electrons. The molecule has 75 heavy (non-hydrogen) atoms. The zero-order valence-corrected chi connectivity index (χ0v) is 44.9. The average Bonchev–Trinajstić information content (AvgIpc) is 3.39. The lowest BCUT2D eigenvalue weighted by Gasteiger charge is -2.40. The SMILES string of the molecule is CC/C=C\C/C=C\C/C=C\C/C=C\C/C=C\CC(=O)OCC(COC1OC(C(=O)O)C(O)C(O)C1OC(=O)C/C=C\C/C=C\C/C=C\C/C=C\C/C=C\CC)OC(=O)C/C=C\C/C=C\C/C=C\C/C=C\C/C=C\CC. The fourth-order valence-electron chi connectivity index (χ4n) is 6.59. The van der Waals surface area contributed by atoms with Crippen molar-refractivity contribution in [2.24, 2.45) is 0 Å². The fourth-order valence-corrected chi connectivity index (χ4v) is 6.59. The maximum absolute atomic E-state index is 13.0. The van der Waals surface area contributed by atoms with Crippen LogP contribution < -0.4 is 0 Å². The van der Waals surface area contributed by atoms with Crippen molar-refractivity contribution in [2.75, 3.05) is 13.2 Å². The molecule has 1 heterocycles. The van der Waals surface area contributed by atoms with Gasteiger partial charge < -0.3 is 39.0 Å². The summed E-state index contributed by atoms with van der Waals surface area (Å²) in [4.78, 5) is 50.8. The minimum Gasteiger partial charge on any atom is -0.479 e. The van der Waals surface area contributed by atoms with Crippen LogP contribution in [0.5, 0.6) is 0 Å². The maximum atomic E-state index is 13.0. The number of aliphatic hydroxyl groups is 2. The second-order valence-electron chi connectivity index (χ2n) is 17.1. The molecule has 0 radical (unpaired) electrons. The van der Waals surface area contributed by atoms with E-state index < -0.39 is 73.9 Å². The van der Waals surface area contributed by atoms with Crippen LogP contribution >= 0.6 is 0 Å². The summed E-state index contributed by atoms with van der Waals surface area (Å²) in [5, 5.41) is 31.3. The maximum Gasteiger partial charge on any atom is 0.335 e. The first-order chi connectivity index (χ1) is 36.6. The molecule has 1 rings (SSSR count). The van der Waals surface area contributed by atoms with Crippen LogP contribution in [0.4, 0.5) is 0 Å². The Kier molecular flexibility index (Phi) is 43.4. The van der Waals surface area contributed by atoms with Crippen LogP contribution in [0.1, 0.15) is 136 Å². The molecule has 0 spiro atoms. The van der Waals surface area contributed by atoms with Crippen molar-refractivity contribution < 1.29 is 58.2 Å². The lowest BCUT2D eigenvalue weighted by atomic mass is 9.98. The zero-order chi connectivity index (χ0) is 54.7. The highest BCUT2D eigenvalue weighted by molar-refractivity contribution is 5.74. The number of carboxylic acids is 1. The highest BCUT2D eigenvalue weighted by Crippen LogP contribution is 2.26. The number of carboxylic acid groups (broad SMARTS) is 1. The van der Waals surface area contributed by atoms with E-state index in [0.29, 0.717) is 19.3 Å². The van der Waals surface area contributed by atoms with Crippen molar-refractivity contribution in [1.82, 2.24) is 0 Å². The standard InChI is InChI=1S/C63H88O12/c1-4-7-10-13-16-19-22-25-28-31-34-37-40-43-46-49-55(64)71-52-54(73-56(65)50-47-44-41-38-35-32-29-26-23-20-17-14-11-8-5-2)53-72-63-61(59(68)58(67)60(75-63)62(69)70)74-57(66)51-48-45-42-39-36-33-30-27-24-21-18-15-12-9-6-3/h7-12,16-21,25-30,34-39,43-48,54,58-61,63,67-68H,4-6,13-15,22-24,31-33,40-42,49-53H2,1-3H3,(H,69,70)/b10-7-,11-8-,12-9-,19-16-,20-17-,21-18-,28-25-,29-26-,30-27-,37-34-,38-35-,39-36-,46-43-,47-44-,48-45-. The van der Waals surface area contributed by atoms with Crippen LogP contribution in [0.3, 0.4) is 0 Å². The van der Waals surface area contributed by atoms with Crippen LogP contribution in [0.15, 0.2) is 182 Å². The molecule has 0 aliphatic carbocycles. The summed E-state index contributed by atoms with van der Waals surface area (Å²) in [5.74, 6) is -3.66. The van der Waals surface area contributed by atoms with Crippen molar-refractivity contribution in [2.45, 2.75) is 173 Å². The summed E-state index contributed by atoms with van der Waals surface area (Å²) in [6, 6.07) is 0. The Bertz CT molecular complexity index is 2000. The topological polar surface area (TPSA) is 175 Å². The van der Waals surface area contributed by atoms with E-state index in [0.717, 1.165) is 77.0 Å². The van der Waals surface area contributed by atoms with Gasteiger partial charge in [-0.3, -0.25) is 14.4 Å². The quantitative estimate of drug-likeness (QED) is 0.0301. The largest absolute Gasteiger partial charge is 0.479 e. The summed E-state index contributed by atoms with van der Waals surface area (Å²) < 4.78 is 27.9. The van der Waals surface area contributed by atoms with Gasteiger partial charge in [-0.15, -0.1) is 0 Å². The van der Waals surface area contributed by atoms with Crippen molar-refractivity contribution in [3.8, 4) is 0 Å². The summed E-state index contributed by atoms with van der Waals surface area (Å²) in [5.41, 5.74) is 0. The molecule has 1 fully saturated rings. The Balaban J connectivity index is 2.91. The third kappa shape index (κ3) is 39.0. The molecule has 1 aliphatic rings. The Morgan fingerprint density at radius 2 is 0.720 bits per heavy atom. The van der Waals surface area contributed by atoms with Crippen LogP contribution in [-0.4, -0.2) is 89.2 Å². The first kappa shape index (κ1) is 66.8. The first-order valence-electron chi connectivity index (χ1n) is 26.8. The van der Waals surface area contributed by atoms with Gasteiger partial charge in [0.15, 0.2) is 24.6 Å². The molecule has 0 saturated carbocycles. The van der Waals surface area contributed by atoms with E-state index in [4.69, 9.17) is 23.7 Å². The van der Waals surface area contributed by atoms with Crippen molar-refractivity contribution in [3.63, 3.8) is 0 Å². The molecule has 12 heteroatoms. The lowest BCUT2D eigenvalue weighted by Crippen LogP contribution is -2.61. The van der Waals surface area contributed by atoms with Gasteiger partial charge in [-0.25, -0.2) is 4.79 Å². The van der Waals surface area contributed by atoms with Crippen LogP contribution in [0.2, 0.25) is 0 Å². The number of hydrogen-bond donors (Lipinski definition) is 3. The molecule has 6 unspecified atom stereocenters. The second kappa shape index (κ2) is 48.7. The van der Waals surface area contributed by atoms with Crippen LogP contribution in [0.25, 0.3) is 0 Å². The summed E-state index contributed by atoms with van der Waals surface area (Å²) in [6.45, 7) is 5.38. The molecular weight excluding hydrogens is 949 g/mol. The van der Waals surface area contributed by atoms with E-state index in [-0.39, 0.29) is 19.3 Å². The van der Waals surface area contributed by atoms with E-state index in [9.17, 15) is 34.5 Å². The van der Waals surface area contributed by atoms with E-state index in [1.165, 1.54) is 0 Å². The third-order valence-electron chi connectivity index (χ3n) is 10.6. The van der Waals surface area contributed by atoms with Gasteiger partial charge in [0, 0.05) is 0 Å². The third-order valence-corrected chi connectivity index (χ3v) is 10.6. The highest BCUT2D eigenvalue weighted by atomic mass is 16.7. The molecule has 0 aromatic carbocycles. The number of aliphatic carboxylic acids is 1. The average molecular weight is 1040 g/mol. The normalized spacial score (nSPS) is 19.6. The van der Waals surface area contributed by atoms with Crippen molar-refractivity contribution >= 4 is 23.9 Å². The number of rotatable bonds is 41. The minimum atomic E-state index is -1.97. The lowest BCUT2D eigenvalue weighted by molar-refractivity contribution is -0.301. The highest BCUT2D eigenvalue weighted by Gasteiger charge is 2.50. The molecule has 1 saturated heterocycles. The molecular formula is C63H88O12. The fraction of sp³-hybridized carbons (Fsp3) is 0.460. The Labute approximate surface area is 449 Å². The number of carbonyl (C=O) groups excluding carboxylic acids is 3. The number of hydrogen-bond acceptors (Lipinski definition) is 11. The Morgan fingerprint density at radius 3 is 1.05 bits per heavy atom. The minimum absolute atomic E-state index is 0.0545. The predicted octanol–water partition coefficient (Wildman–Crippen LogP) is 13.3. The second-order valence-corrected chi connectivity index (χ2v) is 17.1. The number of esters is 3. The number of allylic oxidation sites excluding steroid dienone is 27. The van der Waals surface area contributed by atoms with E-state index >= 15 is 0 Å². The monoisotopic (exact) mass is 1040 g/mol. The van der Waals surface area contributed by atoms with Gasteiger partial charge in [0.2, 0.25) is 0 Å². The predicted molar refractivity (Wildman–Crippen MR) is 302 cm³/mol. The summed E-state index contributed by atoms with van der Waals surface area (Å²) in [7, 11) is 0. The number of aliphatic hydroxyl groups excluding tert-OH is 2. The van der Waals surface area contributed by atoms with E-state index in [1.807, 2.05) is 48.6 Å². The Morgan fingerprint density at radius 1 is 0.413 bits per heavy atom. The molecule has 0 aromatic heterocycles. The van der Waals surface area contributed by atoms with Crippen molar-refractivity contribution in [1.29, 1.82) is 0 Å². The summed E-state index contributed by atoms with van der Waals surface area (Å²) >= 11 is 0. The summed E-state index contributed by atoms with van der Waals surface area (Å²) in [6.07, 6.45) is 62.4. The van der Waals surface area contributed by atoms with Gasteiger partial charge in [0.25, 0.3) is 0 Å². The van der Waals surface area contributed by atoms with Gasteiger partial charge in [-0.05, 0) is 96.3 Å². The molecule has 12 nitrogen and oxygen atoms in total. The molecule has 0 amide bonds. The number of ether oxygens (including phenoxy) is 5. The van der Waals surface area contributed by atoms with E-state index in [2.05, 4.69) is 130 Å². The molecule has 3 N–H and O–H groups in total. The zero-order valence-electron chi connectivity index (χ0n) is 44.9. The Hall–Kier alpha value is -6.18. The van der Waals surface area contributed by atoms with Gasteiger partial charge in [0.05, 0.1) is 25.9 Å². The van der Waals surface area contributed by atoms with Gasteiger partial charge in [-0.2, -0.15) is 0 Å². The van der Waals surface area contributed by atoms with Crippen LogP contribution in [0, 0.1) is 0 Å². The number of carbonyl (C=O) groups is 4. The smallest absolute Gasteiger partial charge is 0.335 e. The van der Waals surface area contributed by atoms with Crippen molar-refractivity contribution in [3.05, 3.63) is 182 Å². The first-order valence-corrected chi connectivity index (χ1v) is 26.8. The van der Waals surface area contributed by atoms with Gasteiger partial charge >= 0.3 is 23.9 Å². The molecule has 1 aliphatic heterocycles. The van der Waals surface area contributed by atoms with E-state index in [1.54, 1.807) is 24.3 Å². The van der Waals surface area contributed by atoms with Crippen LogP contribution in [-0.2, 0) is 42.9 Å².